The van der Waals surface area contributed by atoms with Gasteiger partial charge in [0.2, 0.25) is 0 Å². The van der Waals surface area contributed by atoms with Gasteiger partial charge in [-0.1, -0.05) is 24.3 Å². The maximum absolute atomic E-state index is 12.1. The average Bonchev–Trinajstić information content (AvgIpc) is 4.43. The summed E-state index contributed by atoms with van der Waals surface area (Å²) in [5, 5.41) is 48.3. The average molecular weight is 1100 g/mol. The molecule has 1 amide bonds. The van der Waals surface area contributed by atoms with Gasteiger partial charge in [-0.2, -0.15) is 10.5 Å². The molecule has 12 rings (SSSR count). The summed E-state index contributed by atoms with van der Waals surface area (Å²) in [6.45, 7) is 11.9. The number of carboxylic acid groups (broad SMARTS) is 1. The van der Waals surface area contributed by atoms with Crippen LogP contribution in [0.25, 0.3) is 22.5 Å². The molecule has 0 aliphatic carbocycles. The van der Waals surface area contributed by atoms with Crippen LogP contribution in [0.3, 0.4) is 0 Å². The zero-order chi connectivity index (χ0) is 56.4. The molecule has 2 aromatic heterocycles. The van der Waals surface area contributed by atoms with E-state index in [1.165, 1.54) is 31.5 Å². The minimum absolute atomic E-state index is 0.0954. The lowest BCUT2D eigenvalue weighted by atomic mass is 10.0. The number of carboxylic acids is 1. The van der Waals surface area contributed by atoms with Crippen molar-refractivity contribution in [1.29, 1.82) is 10.5 Å². The van der Waals surface area contributed by atoms with Crippen molar-refractivity contribution in [3.05, 3.63) is 131 Å². The highest BCUT2D eigenvalue weighted by Crippen LogP contribution is 2.40. The fourth-order valence-corrected chi connectivity index (χ4v) is 10.2. The molecule has 0 unspecified atom stereocenters. The molecule has 6 aliphatic rings. The topological polar surface area (TPSA) is 277 Å². The van der Waals surface area contributed by atoms with Gasteiger partial charge >= 0.3 is 5.97 Å². The van der Waals surface area contributed by atoms with Crippen LogP contribution in [0, 0.1) is 22.7 Å². The lowest BCUT2D eigenvalue weighted by Gasteiger charge is -2.28. The summed E-state index contributed by atoms with van der Waals surface area (Å²) < 4.78 is 23.1. The Morgan fingerprint density at radius 3 is 1.51 bits per heavy atom. The number of fused-ring (bicyclic) bond motifs is 2. The van der Waals surface area contributed by atoms with E-state index < -0.39 is 18.2 Å². The molecule has 6 aromatic rings. The van der Waals surface area contributed by atoms with Gasteiger partial charge in [0.05, 0.1) is 78.3 Å². The number of nitriles is 2. The summed E-state index contributed by atoms with van der Waals surface area (Å²) >= 11 is 0. The molecular weight excluding hydrogens is 1030 g/mol. The van der Waals surface area contributed by atoms with Gasteiger partial charge in [-0.25, -0.2) is 34.7 Å². The van der Waals surface area contributed by atoms with Gasteiger partial charge in [0.25, 0.3) is 5.91 Å². The van der Waals surface area contributed by atoms with Crippen molar-refractivity contribution < 1.29 is 43.9 Å². The second-order valence-electron chi connectivity index (χ2n) is 20.2. The number of anilines is 2. The summed E-state index contributed by atoms with van der Waals surface area (Å²) in [7, 11) is 0. The molecule has 4 saturated heterocycles. The second kappa shape index (κ2) is 25.6. The van der Waals surface area contributed by atoms with E-state index in [-0.39, 0.29) is 18.1 Å². The highest BCUT2D eigenvalue weighted by molar-refractivity contribution is 6.08. The van der Waals surface area contributed by atoms with Gasteiger partial charge in [0.1, 0.15) is 72.1 Å². The Morgan fingerprint density at radius 2 is 1.09 bits per heavy atom. The van der Waals surface area contributed by atoms with Gasteiger partial charge in [-0.05, 0) is 98.6 Å². The van der Waals surface area contributed by atoms with Crippen molar-refractivity contribution >= 4 is 46.0 Å². The van der Waals surface area contributed by atoms with Crippen LogP contribution < -0.4 is 24.6 Å². The number of aliphatic hydroxyl groups is 2. The standard InChI is InChI=1S/C30H30N6O4.C27H26N6O2.C3H6O3/c1-19(37)30(38)36-9-8-24(17-36)40-27-7-4-21(14-22(27)16-31)28-29-26(32-18-33-28)15-25(34-29)20-2-5-23(6-3-20)35-10-12-39-13-11-35;28-15-20-13-19(3-6-25(20)35-22-7-8-29-16-22)26-27-24(30-17-31-26)14-23(32-27)18-1-4-21(5-2-18)33-9-11-34-12-10-33;1-2(4)3(5)6/h2-7,14,18-19,24,37H,8-13,15,17H2,1H3;1-6,13,17,22,29H,7-12,14,16H2;2,4H,1H3,(H,5,6)/t19-,24-;22-;2-/m111/s1. The van der Waals surface area contributed by atoms with Crippen LogP contribution in [0.2, 0.25) is 0 Å². The summed E-state index contributed by atoms with van der Waals surface area (Å²) in [4.78, 5) is 55.7. The molecule has 4 aromatic carbocycles. The van der Waals surface area contributed by atoms with E-state index in [1.54, 1.807) is 23.4 Å². The minimum Gasteiger partial charge on any atom is -0.488 e. The molecule has 0 saturated carbocycles. The van der Waals surface area contributed by atoms with Crippen molar-refractivity contribution in [2.75, 3.05) is 88.6 Å². The number of aliphatic imine (C=N–C) groups is 2. The predicted molar refractivity (Wildman–Crippen MR) is 302 cm³/mol. The lowest BCUT2D eigenvalue weighted by Crippen LogP contribution is -2.37. The molecular formula is C60H62N12O9. The normalized spacial score (nSPS) is 18.8. The van der Waals surface area contributed by atoms with Crippen LogP contribution in [0.15, 0.2) is 108 Å². The molecule has 0 radical (unpaired) electrons. The maximum atomic E-state index is 12.1. The third kappa shape index (κ3) is 13.2. The fraction of sp³-hybridized carbons (Fsp3) is 0.367. The number of morpholine rings is 2. The molecule has 0 spiro atoms. The van der Waals surface area contributed by atoms with Crippen molar-refractivity contribution in [2.45, 2.75) is 63.9 Å². The van der Waals surface area contributed by atoms with Crippen molar-refractivity contribution in [3.8, 4) is 46.2 Å². The van der Waals surface area contributed by atoms with Gasteiger partial charge in [-0.15, -0.1) is 0 Å². The largest absolute Gasteiger partial charge is 0.488 e. The molecule has 21 heteroatoms. The predicted octanol–water partition coefficient (Wildman–Crippen LogP) is 5.61. The Hall–Kier alpha value is -8.70. The number of nitrogens with zero attached hydrogens (tertiary/aromatic N) is 11. The first-order chi connectivity index (χ1) is 39.4. The highest BCUT2D eigenvalue weighted by atomic mass is 16.5. The number of carbonyl (C=O) groups excluding carboxylic acids is 1. The fourth-order valence-electron chi connectivity index (χ4n) is 10.2. The Balaban J connectivity index is 0.000000166. The molecule has 416 valence electrons. The quantitative estimate of drug-likeness (QED) is 0.116. The van der Waals surface area contributed by atoms with Crippen LogP contribution in [0.1, 0.15) is 60.3 Å². The number of aliphatic hydroxyl groups excluding tert-OH is 2. The lowest BCUT2D eigenvalue weighted by molar-refractivity contribution is -0.145. The summed E-state index contributed by atoms with van der Waals surface area (Å²) in [5.74, 6) is -0.430. The molecule has 0 bridgehead atoms. The number of ether oxygens (including phenoxy) is 4. The first-order valence-electron chi connectivity index (χ1n) is 27.1. The number of amides is 1. The number of benzene rings is 4. The van der Waals surface area contributed by atoms with Gasteiger partial charge in [-0.3, -0.25) is 4.79 Å². The molecule has 4 fully saturated rings. The zero-order valence-corrected chi connectivity index (χ0v) is 45.1. The van der Waals surface area contributed by atoms with Gasteiger partial charge in [0.15, 0.2) is 0 Å². The van der Waals surface area contributed by atoms with E-state index in [1.807, 2.05) is 24.3 Å². The van der Waals surface area contributed by atoms with E-state index in [2.05, 4.69) is 95.7 Å². The third-order valence-electron chi connectivity index (χ3n) is 14.6. The Morgan fingerprint density at radius 1 is 0.630 bits per heavy atom. The molecule has 4 N–H and O–H groups in total. The maximum Gasteiger partial charge on any atom is 0.332 e. The van der Waals surface area contributed by atoms with Crippen molar-refractivity contribution in [3.63, 3.8) is 0 Å². The Kier molecular flexibility index (Phi) is 17.6. The first kappa shape index (κ1) is 55.6. The third-order valence-corrected chi connectivity index (χ3v) is 14.6. The number of hydrogen-bond acceptors (Lipinski definition) is 19. The van der Waals surface area contributed by atoms with Crippen LogP contribution in [0.5, 0.6) is 11.5 Å². The van der Waals surface area contributed by atoms with Crippen molar-refractivity contribution in [1.82, 2.24) is 30.2 Å². The summed E-state index contributed by atoms with van der Waals surface area (Å²) in [5.41, 5.74) is 13.5. The summed E-state index contributed by atoms with van der Waals surface area (Å²) in [6, 6.07) is 32.6. The monoisotopic (exact) mass is 1090 g/mol. The zero-order valence-electron chi connectivity index (χ0n) is 45.1. The molecule has 21 nitrogen and oxygen atoms in total. The number of carbonyl (C=O) groups is 2. The van der Waals surface area contributed by atoms with E-state index in [0.717, 1.165) is 134 Å². The van der Waals surface area contributed by atoms with E-state index in [0.29, 0.717) is 60.7 Å². The van der Waals surface area contributed by atoms with Crippen LogP contribution in [-0.4, -0.2) is 167 Å². The summed E-state index contributed by atoms with van der Waals surface area (Å²) in [6.07, 6.45) is 3.53. The number of rotatable bonds is 12. The van der Waals surface area contributed by atoms with Crippen LogP contribution in [-0.2, 0) is 31.9 Å². The molecule has 4 atom stereocenters. The number of aliphatic carboxylic acids is 1. The van der Waals surface area contributed by atoms with Gasteiger partial charge < -0.3 is 54.3 Å². The highest BCUT2D eigenvalue weighted by Gasteiger charge is 2.31. The second-order valence-corrected chi connectivity index (χ2v) is 20.2. The first-order valence-corrected chi connectivity index (χ1v) is 27.1. The Labute approximate surface area is 468 Å². The molecule has 81 heavy (non-hydrogen) atoms. The number of aromatic nitrogens is 4. The number of likely N-dealkylation sites (tertiary alicyclic amines) is 1. The van der Waals surface area contributed by atoms with Crippen molar-refractivity contribution in [2.24, 2.45) is 9.98 Å². The van der Waals surface area contributed by atoms with Crippen LogP contribution >= 0.6 is 0 Å². The van der Waals surface area contributed by atoms with E-state index >= 15 is 0 Å². The van der Waals surface area contributed by atoms with E-state index in [9.17, 15) is 25.2 Å². The SMILES string of the molecule is C[C@@H](O)C(=O)N1CC[C@@H](Oc2ccc(-c3ncnc4c3N=C(c3ccc(N5CCOCC5)cc3)C4)cc2C#N)C1.C[C@@H](O)C(=O)O.N#Cc1cc(-c2ncnc3c2N=C(c2ccc(N4CCOCC4)cc2)C3)ccc1O[C@@H]1CCNC1. The number of nitrogens with one attached hydrogen (secondary N) is 1. The van der Waals surface area contributed by atoms with E-state index in [4.69, 9.17) is 39.1 Å². The Bertz CT molecular complexity index is 3400. The molecule has 6 aliphatic heterocycles. The molecule has 8 heterocycles. The smallest absolute Gasteiger partial charge is 0.332 e. The minimum atomic E-state index is -1.23. The van der Waals surface area contributed by atoms with Crippen LogP contribution in [0.4, 0.5) is 22.7 Å². The number of hydrogen-bond donors (Lipinski definition) is 4. The van der Waals surface area contributed by atoms with Gasteiger partial charge in [0, 0.05) is 81.0 Å².